The van der Waals surface area contributed by atoms with Crippen LogP contribution in [0, 0.1) is 10.1 Å². The molecule has 1 fully saturated rings. The molecule has 7 nitrogen and oxygen atoms in total. The molecule has 0 spiro atoms. The second-order valence-corrected chi connectivity index (χ2v) is 8.23. The summed E-state index contributed by atoms with van der Waals surface area (Å²) in [4.78, 5) is 12.2. The molecule has 0 amide bonds. The summed E-state index contributed by atoms with van der Waals surface area (Å²) >= 11 is 5.73. The highest BCUT2D eigenvalue weighted by atomic mass is 35.5. The van der Waals surface area contributed by atoms with Crippen LogP contribution in [0.4, 0.5) is 11.4 Å². The van der Waals surface area contributed by atoms with Gasteiger partial charge in [-0.2, -0.15) is 0 Å². The highest BCUT2D eigenvalue weighted by Gasteiger charge is 2.25. The molecule has 1 N–H and O–H groups in total. The van der Waals surface area contributed by atoms with Gasteiger partial charge in [0, 0.05) is 36.4 Å². The van der Waals surface area contributed by atoms with Crippen molar-refractivity contribution < 1.29 is 13.3 Å². The number of nitrogens with one attached hydrogen (secondary N) is 1. The quantitative estimate of drug-likeness (QED) is 0.598. The first-order valence-electron chi connectivity index (χ1n) is 8.14. The summed E-state index contributed by atoms with van der Waals surface area (Å²) in [5.41, 5.74) is 1.34. The van der Waals surface area contributed by atoms with Gasteiger partial charge in [-0.1, -0.05) is 23.7 Å². The second kappa shape index (κ2) is 7.61. The third kappa shape index (κ3) is 4.14. The number of anilines is 1. The summed E-state index contributed by atoms with van der Waals surface area (Å²) in [6.45, 7) is 2.11. The van der Waals surface area contributed by atoms with Crippen molar-refractivity contribution in [3.63, 3.8) is 0 Å². The van der Waals surface area contributed by atoms with Gasteiger partial charge in [0.15, 0.2) is 4.90 Å². The molecule has 26 heavy (non-hydrogen) atoms. The lowest BCUT2D eigenvalue weighted by Crippen LogP contribution is -2.24. The fourth-order valence-electron chi connectivity index (χ4n) is 2.92. The molecule has 2 aromatic carbocycles. The number of nitrogens with zero attached hydrogens (tertiary/aromatic N) is 2. The number of hydrogen-bond acceptors (Lipinski definition) is 5. The Morgan fingerprint density at radius 1 is 1.12 bits per heavy atom. The minimum absolute atomic E-state index is 0.0440. The first-order chi connectivity index (χ1) is 12.4. The van der Waals surface area contributed by atoms with Crippen molar-refractivity contribution in [2.45, 2.75) is 24.3 Å². The van der Waals surface area contributed by atoms with E-state index in [9.17, 15) is 18.5 Å². The van der Waals surface area contributed by atoms with E-state index in [4.69, 9.17) is 11.6 Å². The molecule has 1 aliphatic heterocycles. The van der Waals surface area contributed by atoms with Gasteiger partial charge in [-0.3, -0.25) is 10.1 Å². The normalized spacial score (nSPS) is 14.6. The molecular weight excluding hydrogens is 378 g/mol. The number of rotatable bonds is 6. The Balaban J connectivity index is 1.73. The van der Waals surface area contributed by atoms with Crippen molar-refractivity contribution >= 4 is 33.0 Å². The van der Waals surface area contributed by atoms with E-state index >= 15 is 0 Å². The molecule has 0 unspecified atom stereocenters. The zero-order valence-corrected chi connectivity index (χ0v) is 15.5. The molecule has 0 aromatic heterocycles. The Kier molecular flexibility index (Phi) is 5.45. The summed E-state index contributed by atoms with van der Waals surface area (Å²) in [6, 6.07) is 11.1. The van der Waals surface area contributed by atoms with Crippen LogP contribution in [0.2, 0.25) is 5.02 Å². The zero-order chi connectivity index (χ0) is 18.7. The molecule has 1 saturated heterocycles. The monoisotopic (exact) mass is 395 g/mol. The smallest absolute Gasteiger partial charge is 0.290 e. The van der Waals surface area contributed by atoms with E-state index in [2.05, 4.69) is 9.62 Å². The molecule has 138 valence electrons. The maximum absolute atomic E-state index is 12.5. The summed E-state index contributed by atoms with van der Waals surface area (Å²) in [5.74, 6) is 0. The lowest BCUT2D eigenvalue weighted by atomic mass is 10.2. The van der Waals surface area contributed by atoms with E-state index < -0.39 is 25.5 Å². The first-order valence-corrected chi connectivity index (χ1v) is 10.0. The fraction of sp³-hybridized carbons (Fsp3) is 0.294. The summed E-state index contributed by atoms with van der Waals surface area (Å²) in [7, 11) is -4.04. The Morgan fingerprint density at radius 3 is 2.38 bits per heavy atom. The second-order valence-electron chi connectivity index (χ2n) is 6.05. The van der Waals surface area contributed by atoms with Gasteiger partial charge in [-0.05, 0) is 42.7 Å². The zero-order valence-electron chi connectivity index (χ0n) is 13.9. The Bertz CT molecular complexity index is 910. The third-order valence-corrected chi connectivity index (χ3v) is 5.96. The molecule has 0 bridgehead atoms. The van der Waals surface area contributed by atoms with E-state index in [1.165, 1.54) is 18.9 Å². The topological polar surface area (TPSA) is 92.5 Å². The van der Waals surface area contributed by atoms with Gasteiger partial charge in [-0.25, -0.2) is 13.1 Å². The van der Waals surface area contributed by atoms with E-state index in [1.54, 1.807) is 0 Å². The highest BCUT2D eigenvalue weighted by molar-refractivity contribution is 7.89. The summed E-state index contributed by atoms with van der Waals surface area (Å²) in [6.07, 6.45) is 2.36. The largest absolute Gasteiger partial charge is 0.372 e. The van der Waals surface area contributed by atoms with Gasteiger partial charge in [0.1, 0.15) is 0 Å². The van der Waals surface area contributed by atoms with Crippen LogP contribution in [0.25, 0.3) is 0 Å². The highest BCUT2D eigenvalue weighted by Crippen LogP contribution is 2.27. The molecule has 0 radical (unpaired) electrons. The molecule has 3 rings (SSSR count). The van der Waals surface area contributed by atoms with Crippen LogP contribution in [-0.2, 0) is 16.6 Å². The van der Waals surface area contributed by atoms with Crippen LogP contribution in [0.1, 0.15) is 18.4 Å². The van der Waals surface area contributed by atoms with Crippen molar-refractivity contribution in [2.75, 3.05) is 18.0 Å². The van der Waals surface area contributed by atoms with Gasteiger partial charge in [-0.15, -0.1) is 0 Å². The van der Waals surface area contributed by atoms with E-state index in [-0.39, 0.29) is 11.6 Å². The van der Waals surface area contributed by atoms with Gasteiger partial charge >= 0.3 is 0 Å². The fourth-order valence-corrected chi connectivity index (χ4v) is 4.25. The minimum Gasteiger partial charge on any atom is -0.372 e. The predicted molar refractivity (Wildman–Crippen MR) is 100 cm³/mol. The van der Waals surface area contributed by atoms with Gasteiger partial charge in [0.25, 0.3) is 5.69 Å². The molecule has 0 aliphatic carbocycles. The average Bonchev–Trinajstić information content (AvgIpc) is 3.15. The standard InChI is InChI=1S/C17H18ClN3O4S/c18-14-5-8-17(16(11-14)21(22)23)26(24,25)19-12-13-3-6-15(7-4-13)20-9-1-2-10-20/h3-8,11,19H,1-2,9-10,12H2. The van der Waals surface area contributed by atoms with E-state index in [0.29, 0.717) is 0 Å². The maximum Gasteiger partial charge on any atom is 0.290 e. The average molecular weight is 396 g/mol. The maximum atomic E-state index is 12.5. The Labute approximate surface area is 156 Å². The number of nitro groups is 1. The number of nitro benzene ring substituents is 1. The minimum atomic E-state index is -4.04. The SMILES string of the molecule is O=[N+]([O-])c1cc(Cl)ccc1S(=O)(=O)NCc1ccc(N2CCCC2)cc1. The van der Waals surface area contributed by atoms with Crippen molar-refractivity contribution in [1.82, 2.24) is 4.72 Å². The Morgan fingerprint density at radius 2 is 1.77 bits per heavy atom. The molecule has 1 heterocycles. The van der Waals surface area contributed by atoms with Gasteiger partial charge in [0.2, 0.25) is 10.0 Å². The van der Waals surface area contributed by atoms with Crippen LogP contribution in [0.15, 0.2) is 47.4 Å². The van der Waals surface area contributed by atoms with Crippen LogP contribution in [0.5, 0.6) is 0 Å². The lowest BCUT2D eigenvalue weighted by Gasteiger charge is -2.17. The van der Waals surface area contributed by atoms with Crippen molar-refractivity contribution in [3.05, 3.63) is 63.2 Å². The third-order valence-electron chi connectivity index (χ3n) is 4.28. The molecular formula is C17H18ClN3O4S. The molecule has 0 saturated carbocycles. The van der Waals surface area contributed by atoms with Crippen LogP contribution in [-0.4, -0.2) is 26.4 Å². The van der Waals surface area contributed by atoms with Crippen molar-refractivity contribution in [1.29, 1.82) is 0 Å². The molecule has 1 aliphatic rings. The van der Waals surface area contributed by atoms with Crippen molar-refractivity contribution in [3.8, 4) is 0 Å². The van der Waals surface area contributed by atoms with Gasteiger partial charge < -0.3 is 4.90 Å². The van der Waals surface area contributed by atoms with Gasteiger partial charge in [0.05, 0.1) is 4.92 Å². The molecule has 0 atom stereocenters. The van der Waals surface area contributed by atoms with Crippen molar-refractivity contribution in [2.24, 2.45) is 0 Å². The van der Waals surface area contributed by atoms with E-state index in [1.807, 2.05) is 24.3 Å². The number of hydrogen-bond donors (Lipinski definition) is 1. The molecule has 2 aromatic rings. The first kappa shape index (κ1) is 18.6. The molecule has 9 heteroatoms. The summed E-state index contributed by atoms with van der Waals surface area (Å²) < 4.78 is 27.3. The summed E-state index contributed by atoms with van der Waals surface area (Å²) in [5, 5.41) is 11.2. The lowest BCUT2D eigenvalue weighted by molar-refractivity contribution is -0.387. The number of sulfonamides is 1. The predicted octanol–water partition coefficient (Wildman–Crippen LogP) is 3.33. The Hall–Kier alpha value is -2.16. The van der Waals surface area contributed by atoms with Crippen LogP contribution < -0.4 is 9.62 Å². The van der Waals surface area contributed by atoms with E-state index in [0.717, 1.165) is 36.5 Å². The number of benzene rings is 2. The van der Waals surface area contributed by atoms with Crippen LogP contribution >= 0.6 is 11.6 Å². The number of halogens is 1. The van der Waals surface area contributed by atoms with Crippen LogP contribution in [0.3, 0.4) is 0 Å².